The molecule has 0 aromatic rings. The van der Waals surface area contributed by atoms with Crippen LogP contribution in [0.2, 0.25) is 0 Å². The van der Waals surface area contributed by atoms with Crippen molar-refractivity contribution < 1.29 is 4.79 Å². The maximum atomic E-state index is 11.7. The van der Waals surface area contributed by atoms with Crippen LogP contribution in [0.15, 0.2) is 0 Å². The molecule has 1 amide bonds. The highest BCUT2D eigenvalue weighted by molar-refractivity contribution is 5.78. The van der Waals surface area contributed by atoms with Crippen molar-refractivity contribution in [3.8, 4) is 0 Å². The molecule has 2 heterocycles. The Hall–Kier alpha value is -0.650. The SMILES string of the molecule is CC1CN2CCCC2CN1CC(=O)NCCN. The third-order valence-corrected chi connectivity index (χ3v) is 3.88. The summed E-state index contributed by atoms with van der Waals surface area (Å²) in [6.45, 7) is 7.21. The first-order valence-corrected chi connectivity index (χ1v) is 6.65. The lowest BCUT2D eigenvalue weighted by Gasteiger charge is -2.41. The molecule has 0 saturated carbocycles. The summed E-state index contributed by atoms with van der Waals surface area (Å²) in [6.07, 6.45) is 2.60. The van der Waals surface area contributed by atoms with Crippen LogP contribution in [0.3, 0.4) is 0 Å². The molecule has 2 saturated heterocycles. The van der Waals surface area contributed by atoms with Crippen molar-refractivity contribution in [1.29, 1.82) is 0 Å². The minimum atomic E-state index is 0.105. The average Bonchev–Trinajstić information content (AvgIpc) is 2.74. The van der Waals surface area contributed by atoms with Gasteiger partial charge in [-0.2, -0.15) is 0 Å². The highest BCUT2D eigenvalue weighted by Crippen LogP contribution is 2.24. The number of rotatable bonds is 4. The maximum absolute atomic E-state index is 11.7. The van der Waals surface area contributed by atoms with Gasteiger partial charge in [0, 0.05) is 38.3 Å². The van der Waals surface area contributed by atoms with E-state index in [0.29, 0.717) is 31.7 Å². The molecule has 0 aromatic heterocycles. The molecule has 5 heteroatoms. The molecule has 0 spiro atoms. The molecule has 0 bridgehead atoms. The van der Waals surface area contributed by atoms with Crippen molar-refractivity contribution in [3.63, 3.8) is 0 Å². The van der Waals surface area contributed by atoms with Crippen LogP contribution >= 0.6 is 0 Å². The van der Waals surface area contributed by atoms with Crippen molar-refractivity contribution in [3.05, 3.63) is 0 Å². The smallest absolute Gasteiger partial charge is 0.234 e. The van der Waals surface area contributed by atoms with E-state index in [2.05, 4.69) is 22.0 Å². The highest BCUT2D eigenvalue weighted by atomic mass is 16.2. The summed E-state index contributed by atoms with van der Waals surface area (Å²) in [5.74, 6) is 0.105. The number of piperazine rings is 1. The normalized spacial score (nSPS) is 30.2. The molecule has 0 aliphatic carbocycles. The molecule has 2 fully saturated rings. The fourth-order valence-corrected chi connectivity index (χ4v) is 2.92. The maximum Gasteiger partial charge on any atom is 0.234 e. The van der Waals surface area contributed by atoms with Crippen molar-refractivity contribution in [2.75, 3.05) is 39.3 Å². The Morgan fingerprint density at radius 3 is 3.06 bits per heavy atom. The summed E-state index contributed by atoms with van der Waals surface area (Å²) in [6, 6.07) is 1.15. The van der Waals surface area contributed by atoms with Gasteiger partial charge in [-0.15, -0.1) is 0 Å². The Kier molecular flexibility index (Phi) is 4.36. The van der Waals surface area contributed by atoms with Gasteiger partial charge in [-0.05, 0) is 26.3 Å². The minimum absolute atomic E-state index is 0.105. The first-order valence-electron chi connectivity index (χ1n) is 6.65. The van der Waals surface area contributed by atoms with Crippen LogP contribution in [-0.2, 0) is 4.79 Å². The molecule has 2 aliphatic rings. The lowest BCUT2D eigenvalue weighted by molar-refractivity contribution is -0.123. The van der Waals surface area contributed by atoms with Crippen LogP contribution in [0.5, 0.6) is 0 Å². The number of fused-ring (bicyclic) bond motifs is 1. The zero-order chi connectivity index (χ0) is 12.3. The number of nitrogens with two attached hydrogens (primary N) is 1. The van der Waals surface area contributed by atoms with E-state index in [1.807, 2.05) is 0 Å². The largest absolute Gasteiger partial charge is 0.354 e. The Bertz CT molecular complexity index is 271. The van der Waals surface area contributed by atoms with E-state index in [-0.39, 0.29) is 5.91 Å². The van der Waals surface area contributed by atoms with Crippen molar-refractivity contribution in [1.82, 2.24) is 15.1 Å². The number of hydrogen-bond acceptors (Lipinski definition) is 4. The van der Waals surface area contributed by atoms with E-state index < -0.39 is 0 Å². The van der Waals surface area contributed by atoms with Gasteiger partial charge in [0.05, 0.1) is 6.54 Å². The summed E-state index contributed by atoms with van der Waals surface area (Å²) < 4.78 is 0. The molecule has 0 aromatic carbocycles. The number of nitrogens with zero attached hydrogens (tertiary/aromatic N) is 2. The average molecular weight is 240 g/mol. The van der Waals surface area contributed by atoms with Crippen LogP contribution in [0.1, 0.15) is 19.8 Å². The Labute approximate surface area is 103 Å². The molecule has 2 aliphatic heterocycles. The van der Waals surface area contributed by atoms with Crippen LogP contribution in [0.4, 0.5) is 0 Å². The molecular formula is C12H24N4O. The van der Waals surface area contributed by atoms with E-state index in [4.69, 9.17) is 5.73 Å². The Morgan fingerprint density at radius 1 is 1.47 bits per heavy atom. The molecule has 17 heavy (non-hydrogen) atoms. The molecule has 2 rings (SSSR count). The number of nitrogens with one attached hydrogen (secondary N) is 1. The fourth-order valence-electron chi connectivity index (χ4n) is 2.92. The molecule has 2 atom stereocenters. The van der Waals surface area contributed by atoms with E-state index in [9.17, 15) is 4.79 Å². The quantitative estimate of drug-likeness (QED) is 0.677. The molecule has 98 valence electrons. The molecular weight excluding hydrogens is 216 g/mol. The number of hydrogen-bond donors (Lipinski definition) is 2. The van der Waals surface area contributed by atoms with E-state index in [1.165, 1.54) is 19.4 Å². The van der Waals surface area contributed by atoms with E-state index in [1.54, 1.807) is 0 Å². The lowest BCUT2D eigenvalue weighted by atomic mass is 10.1. The minimum Gasteiger partial charge on any atom is -0.354 e. The van der Waals surface area contributed by atoms with Gasteiger partial charge in [0.2, 0.25) is 5.91 Å². The van der Waals surface area contributed by atoms with Gasteiger partial charge in [0.1, 0.15) is 0 Å². The van der Waals surface area contributed by atoms with Gasteiger partial charge < -0.3 is 11.1 Å². The van der Waals surface area contributed by atoms with Gasteiger partial charge in [0.25, 0.3) is 0 Å². The van der Waals surface area contributed by atoms with Gasteiger partial charge in [-0.3, -0.25) is 14.6 Å². The van der Waals surface area contributed by atoms with Gasteiger partial charge in [-0.1, -0.05) is 0 Å². The standard InChI is InChI=1S/C12H24N4O/c1-10-7-15-6-2-3-11(15)8-16(10)9-12(17)14-5-4-13/h10-11H,2-9,13H2,1H3,(H,14,17). The zero-order valence-corrected chi connectivity index (χ0v) is 10.7. The second kappa shape index (κ2) is 5.80. The summed E-state index contributed by atoms with van der Waals surface area (Å²) in [5, 5.41) is 2.84. The third kappa shape index (κ3) is 3.18. The van der Waals surface area contributed by atoms with E-state index >= 15 is 0 Å². The van der Waals surface area contributed by atoms with Crippen LogP contribution in [-0.4, -0.2) is 67.1 Å². The number of amides is 1. The predicted octanol–water partition coefficient (Wildman–Crippen LogP) is -0.770. The van der Waals surface area contributed by atoms with Crippen molar-refractivity contribution in [2.24, 2.45) is 5.73 Å². The lowest BCUT2D eigenvalue weighted by Crippen LogP contribution is -2.57. The fraction of sp³-hybridized carbons (Fsp3) is 0.917. The number of carbonyl (C=O) groups excluding carboxylic acids is 1. The third-order valence-electron chi connectivity index (χ3n) is 3.88. The van der Waals surface area contributed by atoms with Crippen LogP contribution in [0.25, 0.3) is 0 Å². The van der Waals surface area contributed by atoms with Gasteiger partial charge >= 0.3 is 0 Å². The molecule has 3 N–H and O–H groups in total. The first kappa shape index (κ1) is 12.8. The Morgan fingerprint density at radius 2 is 2.29 bits per heavy atom. The summed E-state index contributed by atoms with van der Waals surface area (Å²) in [4.78, 5) is 16.6. The Balaban J connectivity index is 1.81. The predicted molar refractivity (Wildman–Crippen MR) is 67.7 cm³/mol. The molecule has 5 nitrogen and oxygen atoms in total. The highest BCUT2D eigenvalue weighted by Gasteiger charge is 2.34. The summed E-state index contributed by atoms with van der Waals surface area (Å²) in [7, 11) is 0. The second-order valence-corrected chi connectivity index (χ2v) is 5.21. The second-order valence-electron chi connectivity index (χ2n) is 5.21. The van der Waals surface area contributed by atoms with Crippen molar-refractivity contribution in [2.45, 2.75) is 31.8 Å². The monoisotopic (exact) mass is 240 g/mol. The topological polar surface area (TPSA) is 61.6 Å². The van der Waals surface area contributed by atoms with E-state index in [0.717, 1.165) is 13.1 Å². The molecule has 0 radical (unpaired) electrons. The summed E-state index contributed by atoms with van der Waals surface area (Å²) in [5.41, 5.74) is 5.37. The van der Waals surface area contributed by atoms with Crippen molar-refractivity contribution >= 4 is 5.91 Å². The van der Waals surface area contributed by atoms with Gasteiger partial charge in [0.15, 0.2) is 0 Å². The van der Waals surface area contributed by atoms with Gasteiger partial charge in [-0.25, -0.2) is 0 Å². The first-order chi connectivity index (χ1) is 8.20. The molecule has 2 unspecified atom stereocenters. The summed E-state index contributed by atoms with van der Waals surface area (Å²) >= 11 is 0. The van der Waals surface area contributed by atoms with Crippen LogP contribution < -0.4 is 11.1 Å². The zero-order valence-electron chi connectivity index (χ0n) is 10.7. The number of carbonyl (C=O) groups is 1. The van der Waals surface area contributed by atoms with Crippen LogP contribution in [0, 0.1) is 0 Å².